The molecule has 1 heterocycles. The Morgan fingerprint density at radius 3 is 2.58 bits per heavy atom. The number of hydrogen-bond acceptors (Lipinski definition) is 3. The minimum absolute atomic E-state index is 0.0125. The molecular weight excluding hydrogens is 238 g/mol. The number of rotatable bonds is 3. The summed E-state index contributed by atoms with van der Waals surface area (Å²) in [5.41, 5.74) is 12.0. The van der Waals surface area contributed by atoms with Gasteiger partial charge in [0.05, 0.1) is 12.1 Å². The number of hydrogen-bond donors (Lipinski definition) is 2. The van der Waals surface area contributed by atoms with Gasteiger partial charge in [0.2, 0.25) is 5.91 Å². The van der Waals surface area contributed by atoms with E-state index in [9.17, 15) is 4.79 Å². The summed E-state index contributed by atoms with van der Waals surface area (Å²) in [5, 5.41) is 0. The molecule has 4 nitrogen and oxygen atoms in total. The van der Waals surface area contributed by atoms with Crippen LogP contribution in [0.15, 0.2) is 0 Å². The molecule has 2 aliphatic rings. The number of nitrogens with zero attached hydrogens (tertiary/aromatic N) is 1. The average molecular weight is 263 g/mol. The zero-order valence-electron chi connectivity index (χ0n) is 11.8. The first-order valence-electron chi connectivity index (χ1n) is 7.39. The topological polar surface area (TPSA) is 72.3 Å². The number of carbonyl (C=O) groups excluding carboxylic acids is 1. The zero-order valence-corrected chi connectivity index (χ0v) is 11.8. The van der Waals surface area contributed by atoms with Gasteiger partial charge in [-0.2, -0.15) is 0 Å². The predicted molar refractivity (Wildman–Crippen MR) is 76.1 cm³/mol. The number of nitrogens with two attached hydrogens (primary N) is 2. The van der Waals surface area contributed by atoms with E-state index in [-0.39, 0.29) is 24.0 Å². The molecule has 0 radical (unpaired) electrons. The summed E-state index contributed by atoms with van der Waals surface area (Å²) in [4.78, 5) is 14.5. The van der Waals surface area contributed by atoms with Gasteiger partial charge in [-0.05, 0) is 38.5 Å². The van der Waals surface area contributed by atoms with E-state index in [0.29, 0.717) is 12.5 Å². The van der Waals surface area contributed by atoms with Crippen molar-refractivity contribution >= 4 is 5.91 Å². The third-order valence-electron chi connectivity index (χ3n) is 4.53. The third-order valence-corrected chi connectivity index (χ3v) is 4.53. The van der Waals surface area contributed by atoms with E-state index in [0.717, 1.165) is 25.7 Å². The summed E-state index contributed by atoms with van der Waals surface area (Å²) >= 11 is 0. The lowest BCUT2D eigenvalue weighted by molar-refractivity contribution is -0.135. The first-order chi connectivity index (χ1) is 9.19. The maximum Gasteiger partial charge on any atom is 0.241 e. The second-order valence-electron chi connectivity index (χ2n) is 5.69. The highest BCUT2D eigenvalue weighted by atomic mass is 16.2. The van der Waals surface area contributed by atoms with Crippen LogP contribution in [0.4, 0.5) is 0 Å². The quantitative estimate of drug-likeness (QED) is 0.741. The first-order valence-corrected chi connectivity index (χ1v) is 7.39. The van der Waals surface area contributed by atoms with Gasteiger partial charge in [-0.3, -0.25) is 4.79 Å². The van der Waals surface area contributed by atoms with Crippen molar-refractivity contribution in [2.75, 3.05) is 6.54 Å². The van der Waals surface area contributed by atoms with Crippen molar-refractivity contribution in [3.63, 3.8) is 0 Å². The summed E-state index contributed by atoms with van der Waals surface area (Å²) < 4.78 is 0. The van der Waals surface area contributed by atoms with E-state index in [1.54, 1.807) is 0 Å². The highest BCUT2D eigenvalue weighted by Gasteiger charge is 2.39. The van der Waals surface area contributed by atoms with Crippen molar-refractivity contribution in [2.24, 2.45) is 17.4 Å². The van der Waals surface area contributed by atoms with Crippen LogP contribution in [0.3, 0.4) is 0 Å². The SMILES string of the molecule is CC#C[C@H]1CC[C@@H](CN)N1C(=O)[C@@H](N)C1CCCC1. The van der Waals surface area contributed by atoms with Gasteiger partial charge in [-0.15, -0.1) is 5.92 Å². The Morgan fingerprint density at radius 2 is 2.00 bits per heavy atom. The van der Waals surface area contributed by atoms with Crippen molar-refractivity contribution in [2.45, 2.75) is 63.6 Å². The van der Waals surface area contributed by atoms with Crippen molar-refractivity contribution in [1.82, 2.24) is 4.90 Å². The summed E-state index contributed by atoms with van der Waals surface area (Å²) in [7, 11) is 0. The Kier molecular flexibility index (Phi) is 4.84. The molecule has 106 valence electrons. The maximum atomic E-state index is 12.7. The van der Waals surface area contributed by atoms with Crippen LogP contribution in [-0.4, -0.2) is 35.5 Å². The molecule has 4 N–H and O–H groups in total. The standard InChI is InChI=1S/C15H25N3O/c1-2-5-12-8-9-13(10-16)18(12)15(19)14(17)11-6-3-4-7-11/h11-14H,3-4,6-10,16-17H2,1H3/t12-,13-,14-/m0/s1. The number of likely N-dealkylation sites (tertiary alicyclic amines) is 1. The van der Waals surface area contributed by atoms with Gasteiger partial charge in [0, 0.05) is 12.6 Å². The highest BCUT2D eigenvalue weighted by molar-refractivity contribution is 5.83. The van der Waals surface area contributed by atoms with Crippen molar-refractivity contribution in [1.29, 1.82) is 0 Å². The van der Waals surface area contributed by atoms with E-state index in [1.807, 2.05) is 11.8 Å². The average Bonchev–Trinajstić information content (AvgIpc) is 3.06. The molecule has 2 fully saturated rings. The Balaban J connectivity index is 2.10. The molecule has 0 unspecified atom stereocenters. The second-order valence-corrected chi connectivity index (χ2v) is 5.69. The second kappa shape index (κ2) is 6.40. The Hall–Kier alpha value is -1.05. The fourth-order valence-electron chi connectivity index (χ4n) is 3.45. The molecule has 1 aliphatic carbocycles. The molecule has 3 atom stereocenters. The molecule has 1 saturated carbocycles. The Bertz CT molecular complexity index is 379. The molecule has 0 bridgehead atoms. The fourth-order valence-corrected chi connectivity index (χ4v) is 3.45. The predicted octanol–water partition coefficient (Wildman–Crippen LogP) is 0.846. The van der Waals surface area contributed by atoms with Crippen molar-refractivity contribution in [3.8, 4) is 11.8 Å². The van der Waals surface area contributed by atoms with Crippen LogP contribution < -0.4 is 11.5 Å². The lowest BCUT2D eigenvalue weighted by Crippen LogP contribution is -2.53. The minimum Gasteiger partial charge on any atom is -0.328 e. The van der Waals surface area contributed by atoms with E-state index in [2.05, 4.69) is 11.8 Å². The molecule has 19 heavy (non-hydrogen) atoms. The molecule has 1 aliphatic heterocycles. The maximum absolute atomic E-state index is 12.7. The molecule has 0 aromatic carbocycles. The van der Waals surface area contributed by atoms with Crippen LogP contribution in [0.1, 0.15) is 45.4 Å². The Labute approximate surface area is 115 Å². The Morgan fingerprint density at radius 1 is 1.32 bits per heavy atom. The summed E-state index contributed by atoms with van der Waals surface area (Å²) in [6, 6.07) is -0.236. The molecule has 2 rings (SSSR count). The summed E-state index contributed by atoms with van der Waals surface area (Å²) in [5.74, 6) is 6.46. The molecule has 0 aromatic heterocycles. The minimum atomic E-state index is -0.365. The van der Waals surface area contributed by atoms with Gasteiger partial charge < -0.3 is 16.4 Å². The van der Waals surface area contributed by atoms with Crippen molar-refractivity contribution < 1.29 is 4.79 Å². The molecule has 1 amide bonds. The molecule has 4 heteroatoms. The summed E-state index contributed by atoms with van der Waals surface area (Å²) in [6.45, 7) is 2.32. The third kappa shape index (κ3) is 2.93. The van der Waals surface area contributed by atoms with Gasteiger partial charge in [0.15, 0.2) is 0 Å². The van der Waals surface area contributed by atoms with E-state index >= 15 is 0 Å². The molecule has 0 spiro atoms. The monoisotopic (exact) mass is 263 g/mol. The van der Waals surface area contributed by atoms with Crippen LogP contribution in [0.2, 0.25) is 0 Å². The van der Waals surface area contributed by atoms with Gasteiger partial charge in [-0.1, -0.05) is 18.8 Å². The van der Waals surface area contributed by atoms with Gasteiger partial charge in [0.25, 0.3) is 0 Å². The highest BCUT2D eigenvalue weighted by Crippen LogP contribution is 2.30. The van der Waals surface area contributed by atoms with Gasteiger partial charge >= 0.3 is 0 Å². The van der Waals surface area contributed by atoms with Crippen LogP contribution >= 0.6 is 0 Å². The summed E-state index contributed by atoms with van der Waals surface area (Å²) in [6.07, 6.45) is 6.43. The smallest absolute Gasteiger partial charge is 0.241 e. The van der Waals surface area contributed by atoms with E-state index in [4.69, 9.17) is 11.5 Å². The van der Waals surface area contributed by atoms with Gasteiger partial charge in [0.1, 0.15) is 0 Å². The lowest BCUT2D eigenvalue weighted by Gasteiger charge is -2.31. The van der Waals surface area contributed by atoms with E-state index in [1.165, 1.54) is 12.8 Å². The molecule has 0 aromatic rings. The molecule has 1 saturated heterocycles. The number of carbonyl (C=O) groups is 1. The van der Waals surface area contributed by atoms with Crippen LogP contribution in [0.5, 0.6) is 0 Å². The lowest BCUT2D eigenvalue weighted by atomic mass is 9.97. The number of amides is 1. The fraction of sp³-hybridized carbons (Fsp3) is 0.800. The van der Waals surface area contributed by atoms with Crippen LogP contribution in [0, 0.1) is 17.8 Å². The van der Waals surface area contributed by atoms with Crippen LogP contribution in [0.25, 0.3) is 0 Å². The van der Waals surface area contributed by atoms with Gasteiger partial charge in [-0.25, -0.2) is 0 Å². The van der Waals surface area contributed by atoms with Crippen molar-refractivity contribution in [3.05, 3.63) is 0 Å². The largest absolute Gasteiger partial charge is 0.328 e. The normalized spacial score (nSPS) is 29.1. The van der Waals surface area contributed by atoms with Crippen LogP contribution in [-0.2, 0) is 4.79 Å². The molecular formula is C15H25N3O. The zero-order chi connectivity index (χ0) is 13.8. The first kappa shape index (κ1) is 14.4. The van der Waals surface area contributed by atoms with E-state index < -0.39 is 0 Å².